The van der Waals surface area contributed by atoms with E-state index in [4.69, 9.17) is 9.29 Å². The minimum atomic E-state index is -3.57. The highest BCUT2D eigenvalue weighted by atomic mass is 32.2. The van der Waals surface area contributed by atoms with Crippen molar-refractivity contribution in [2.45, 2.75) is 33.6 Å². The number of carboxylic acid groups (broad SMARTS) is 1. The molecular weight excluding hydrogens is 220 g/mol. The molecule has 6 heteroatoms. The summed E-state index contributed by atoms with van der Waals surface area (Å²) in [4.78, 5) is 10.2. The number of rotatable bonds is 6. The maximum atomic E-state index is 11.2. The Labute approximate surface area is 90.6 Å². The van der Waals surface area contributed by atoms with Crippen LogP contribution in [0.4, 0.5) is 0 Å². The first-order valence-electron chi connectivity index (χ1n) is 4.71. The van der Waals surface area contributed by atoms with Gasteiger partial charge in [0.1, 0.15) is 0 Å². The quantitative estimate of drug-likeness (QED) is 0.704. The van der Waals surface area contributed by atoms with Crippen LogP contribution in [0.15, 0.2) is 0 Å². The molecule has 0 rings (SSSR count). The molecule has 0 aliphatic carbocycles. The average molecular weight is 238 g/mol. The van der Waals surface area contributed by atoms with Gasteiger partial charge in [-0.1, -0.05) is 20.8 Å². The topological polar surface area (TPSA) is 80.7 Å². The van der Waals surface area contributed by atoms with E-state index in [0.717, 1.165) is 0 Å². The first-order chi connectivity index (χ1) is 6.62. The molecule has 0 aromatic heterocycles. The van der Waals surface area contributed by atoms with E-state index in [-0.39, 0.29) is 30.6 Å². The van der Waals surface area contributed by atoms with E-state index in [1.807, 2.05) is 20.8 Å². The normalized spacial score (nSPS) is 12.7. The third-order valence-electron chi connectivity index (χ3n) is 1.46. The summed E-state index contributed by atoms with van der Waals surface area (Å²) in [6, 6.07) is 0. The van der Waals surface area contributed by atoms with Crippen LogP contribution in [0.1, 0.15) is 33.6 Å². The summed E-state index contributed by atoms with van der Waals surface area (Å²) in [6.45, 7) is 5.70. The Morgan fingerprint density at radius 2 is 1.87 bits per heavy atom. The Morgan fingerprint density at radius 1 is 1.33 bits per heavy atom. The van der Waals surface area contributed by atoms with Crippen LogP contribution in [0.2, 0.25) is 0 Å². The molecule has 15 heavy (non-hydrogen) atoms. The van der Waals surface area contributed by atoms with E-state index < -0.39 is 16.1 Å². The molecule has 0 heterocycles. The molecule has 0 bridgehead atoms. The number of carboxylic acids is 1. The zero-order valence-electron chi connectivity index (χ0n) is 9.32. The number of carbonyl (C=O) groups is 1. The van der Waals surface area contributed by atoms with Crippen LogP contribution in [0.3, 0.4) is 0 Å². The van der Waals surface area contributed by atoms with Crippen molar-refractivity contribution in [3.8, 4) is 0 Å². The van der Waals surface area contributed by atoms with Crippen molar-refractivity contribution >= 4 is 16.1 Å². The number of aliphatic carboxylic acids is 1. The van der Waals surface area contributed by atoms with Gasteiger partial charge in [-0.3, -0.25) is 8.98 Å². The van der Waals surface area contributed by atoms with Crippen molar-refractivity contribution in [2.24, 2.45) is 5.41 Å². The molecule has 0 unspecified atom stereocenters. The van der Waals surface area contributed by atoms with Crippen molar-refractivity contribution in [1.82, 2.24) is 0 Å². The highest BCUT2D eigenvalue weighted by Crippen LogP contribution is 2.15. The maximum Gasteiger partial charge on any atom is 0.303 e. The van der Waals surface area contributed by atoms with Crippen LogP contribution < -0.4 is 0 Å². The van der Waals surface area contributed by atoms with Gasteiger partial charge in [0.2, 0.25) is 0 Å². The second kappa shape index (κ2) is 5.46. The summed E-state index contributed by atoms with van der Waals surface area (Å²) in [6.07, 6.45) is -0.0695. The van der Waals surface area contributed by atoms with E-state index >= 15 is 0 Å². The van der Waals surface area contributed by atoms with Gasteiger partial charge in [0.15, 0.2) is 0 Å². The third kappa shape index (κ3) is 9.68. The zero-order valence-corrected chi connectivity index (χ0v) is 10.1. The summed E-state index contributed by atoms with van der Waals surface area (Å²) in [5, 5.41) is 8.33. The van der Waals surface area contributed by atoms with Gasteiger partial charge in [0.25, 0.3) is 10.1 Å². The molecule has 90 valence electrons. The van der Waals surface area contributed by atoms with Crippen molar-refractivity contribution in [3.63, 3.8) is 0 Å². The minimum absolute atomic E-state index is 0.0851. The molecule has 0 amide bonds. The first kappa shape index (κ1) is 14.4. The molecule has 5 nitrogen and oxygen atoms in total. The first-order valence-corrected chi connectivity index (χ1v) is 6.29. The smallest absolute Gasteiger partial charge is 0.303 e. The van der Waals surface area contributed by atoms with Crippen LogP contribution in [0.5, 0.6) is 0 Å². The standard InChI is InChI=1S/C9H18O5S/c1-9(2,3)7-14-15(12,13)6-4-5-8(10)11/h4-7H2,1-3H3,(H,10,11). The molecule has 0 saturated heterocycles. The van der Waals surface area contributed by atoms with Crippen LogP contribution in [-0.4, -0.2) is 31.9 Å². The molecule has 0 radical (unpaired) electrons. The van der Waals surface area contributed by atoms with Gasteiger partial charge in [-0.05, 0) is 11.8 Å². The molecule has 1 N–H and O–H groups in total. The van der Waals surface area contributed by atoms with Gasteiger partial charge in [-0.15, -0.1) is 0 Å². The molecule has 0 aromatic rings. The van der Waals surface area contributed by atoms with Crippen LogP contribution in [0.25, 0.3) is 0 Å². The second-order valence-corrected chi connectivity index (χ2v) is 6.34. The van der Waals surface area contributed by atoms with Gasteiger partial charge < -0.3 is 5.11 Å². The Balaban J connectivity index is 3.94. The predicted octanol–water partition coefficient (Wildman–Crippen LogP) is 1.24. The van der Waals surface area contributed by atoms with Gasteiger partial charge in [-0.25, -0.2) is 0 Å². The highest BCUT2D eigenvalue weighted by molar-refractivity contribution is 7.86. The molecule has 0 saturated carbocycles. The molecule has 0 spiro atoms. The van der Waals surface area contributed by atoms with Crippen molar-refractivity contribution < 1.29 is 22.5 Å². The molecule has 0 fully saturated rings. The van der Waals surface area contributed by atoms with Crippen LogP contribution >= 0.6 is 0 Å². The summed E-state index contributed by atoms with van der Waals surface area (Å²) < 4.78 is 27.2. The summed E-state index contributed by atoms with van der Waals surface area (Å²) >= 11 is 0. The lowest BCUT2D eigenvalue weighted by Crippen LogP contribution is -2.20. The highest BCUT2D eigenvalue weighted by Gasteiger charge is 2.17. The Morgan fingerprint density at radius 3 is 2.27 bits per heavy atom. The molecule has 0 aliphatic heterocycles. The molecule has 0 aliphatic rings. The van der Waals surface area contributed by atoms with Gasteiger partial charge in [0.05, 0.1) is 12.4 Å². The van der Waals surface area contributed by atoms with Gasteiger partial charge >= 0.3 is 5.97 Å². The summed E-state index contributed by atoms with van der Waals surface area (Å²) in [5.41, 5.74) is -0.222. The molecule has 0 aromatic carbocycles. The van der Waals surface area contributed by atoms with Gasteiger partial charge in [-0.2, -0.15) is 8.42 Å². The van der Waals surface area contributed by atoms with E-state index in [1.54, 1.807) is 0 Å². The Bertz CT molecular complexity index is 299. The zero-order chi connectivity index (χ0) is 12.1. The van der Waals surface area contributed by atoms with Crippen molar-refractivity contribution in [2.75, 3.05) is 12.4 Å². The largest absolute Gasteiger partial charge is 0.481 e. The van der Waals surface area contributed by atoms with E-state index in [9.17, 15) is 13.2 Å². The number of hydrogen-bond acceptors (Lipinski definition) is 4. The fourth-order valence-electron chi connectivity index (χ4n) is 0.726. The predicted molar refractivity (Wildman–Crippen MR) is 56.1 cm³/mol. The monoisotopic (exact) mass is 238 g/mol. The SMILES string of the molecule is CC(C)(C)COS(=O)(=O)CCCC(=O)O. The average Bonchev–Trinajstić information content (AvgIpc) is 1.99. The fourth-order valence-corrected chi connectivity index (χ4v) is 1.87. The lowest BCUT2D eigenvalue weighted by atomic mass is 9.99. The Kier molecular flexibility index (Phi) is 5.23. The molecule has 0 atom stereocenters. The van der Waals surface area contributed by atoms with Crippen LogP contribution in [-0.2, 0) is 19.1 Å². The molecular formula is C9H18O5S. The lowest BCUT2D eigenvalue weighted by molar-refractivity contribution is -0.137. The fraction of sp³-hybridized carbons (Fsp3) is 0.889. The number of hydrogen-bond donors (Lipinski definition) is 1. The van der Waals surface area contributed by atoms with E-state index in [2.05, 4.69) is 0 Å². The summed E-state index contributed by atoms with van der Waals surface area (Å²) in [5.74, 6) is -1.24. The maximum absolute atomic E-state index is 11.2. The second-order valence-electron chi connectivity index (χ2n) is 4.58. The van der Waals surface area contributed by atoms with Crippen LogP contribution in [0, 0.1) is 5.41 Å². The lowest BCUT2D eigenvalue weighted by Gasteiger charge is -2.17. The van der Waals surface area contributed by atoms with E-state index in [1.165, 1.54) is 0 Å². The van der Waals surface area contributed by atoms with E-state index in [0.29, 0.717) is 0 Å². The summed E-state index contributed by atoms with van der Waals surface area (Å²) in [7, 11) is -3.57. The van der Waals surface area contributed by atoms with Crippen molar-refractivity contribution in [3.05, 3.63) is 0 Å². The van der Waals surface area contributed by atoms with Gasteiger partial charge in [0, 0.05) is 6.42 Å². The third-order valence-corrected chi connectivity index (χ3v) is 2.72. The Hall–Kier alpha value is -0.620. The minimum Gasteiger partial charge on any atom is -0.481 e. The van der Waals surface area contributed by atoms with Crippen molar-refractivity contribution in [1.29, 1.82) is 0 Å².